The third-order valence-corrected chi connectivity index (χ3v) is 3.46. The Morgan fingerprint density at radius 2 is 2.23 bits per heavy atom. The Morgan fingerprint density at radius 3 is 2.85 bits per heavy atom. The van der Waals surface area contributed by atoms with Crippen LogP contribution in [-0.2, 0) is 0 Å². The van der Waals surface area contributed by atoms with Crippen LogP contribution < -0.4 is 5.32 Å². The number of hydrogen-bond acceptors (Lipinski definition) is 3. The summed E-state index contributed by atoms with van der Waals surface area (Å²) >= 11 is 9.16. The molecule has 5 heteroatoms. The second kappa shape index (κ2) is 3.80. The molecule has 0 spiro atoms. The van der Waals surface area contributed by atoms with E-state index in [1.165, 1.54) is 25.6 Å². The van der Waals surface area contributed by atoms with Crippen molar-refractivity contribution in [3.8, 4) is 0 Å². The molecule has 13 heavy (non-hydrogen) atoms. The largest absolute Gasteiger partial charge is 0.366 e. The van der Waals surface area contributed by atoms with Crippen LogP contribution in [0.5, 0.6) is 0 Å². The summed E-state index contributed by atoms with van der Waals surface area (Å²) in [6.45, 7) is 0. The first-order chi connectivity index (χ1) is 6.27. The normalized spacial score (nSPS) is 16.8. The zero-order valence-corrected chi connectivity index (χ0v) is 9.27. The zero-order chi connectivity index (χ0) is 9.26. The molecule has 1 aliphatic rings. The monoisotopic (exact) mass is 261 g/mol. The topological polar surface area (TPSA) is 37.8 Å². The van der Waals surface area contributed by atoms with Gasteiger partial charge < -0.3 is 5.32 Å². The molecule has 1 N–H and O–H groups in total. The molecule has 2 rings (SSSR count). The molecule has 0 bridgehead atoms. The van der Waals surface area contributed by atoms with Crippen molar-refractivity contribution in [3.05, 3.63) is 16.0 Å². The van der Waals surface area contributed by atoms with Gasteiger partial charge in [0.25, 0.3) is 0 Å². The van der Waals surface area contributed by atoms with Gasteiger partial charge in [-0.15, -0.1) is 0 Å². The SMILES string of the molecule is Clc1ncnc(NC2CCC2)c1Br. The molecular weight excluding hydrogens is 253 g/mol. The van der Waals surface area contributed by atoms with Crippen LogP contribution in [0, 0.1) is 0 Å². The molecule has 0 amide bonds. The highest BCUT2D eigenvalue weighted by Gasteiger charge is 2.19. The van der Waals surface area contributed by atoms with E-state index in [4.69, 9.17) is 11.6 Å². The minimum atomic E-state index is 0.455. The lowest BCUT2D eigenvalue weighted by atomic mass is 9.93. The van der Waals surface area contributed by atoms with Gasteiger partial charge >= 0.3 is 0 Å². The van der Waals surface area contributed by atoms with Gasteiger partial charge in [0.15, 0.2) is 0 Å². The standard InChI is InChI=1S/C8H9BrClN3/c9-6-7(10)11-4-12-8(6)13-5-2-1-3-5/h4-5H,1-3H2,(H,11,12,13). The smallest absolute Gasteiger partial charge is 0.148 e. The fourth-order valence-electron chi connectivity index (χ4n) is 1.19. The highest BCUT2D eigenvalue weighted by atomic mass is 79.9. The van der Waals surface area contributed by atoms with E-state index < -0.39 is 0 Å². The molecule has 0 saturated heterocycles. The summed E-state index contributed by atoms with van der Waals surface area (Å²) in [5.41, 5.74) is 0. The molecule has 0 aromatic carbocycles. The maximum absolute atomic E-state index is 5.82. The first-order valence-electron chi connectivity index (χ1n) is 4.20. The van der Waals surface area contributed by atoms with E-state index in [1.807, 2.05) is 0 Å². The maximum atomic E-state index is 5.82. The molecular formula is C8H9BrClN3. The van der Waals surface area contributed by atoms with Gasteiger partial charge in [-0.3, -0.25) is 0 Å². The molecule has 3 nitrogen and oxygen atoms in total. The van der Waals surface area contributed by atoms with E-state index >= 15 is 0 Å². The lowest BCUT2D eigenvalue weighted by molar-refractivity contribution is 0.444. The van der Waals surface area contributed by atoms with Crippen LogP contribution in [0.4, 0.5) is 5.82 Å². The van der Waals surface area contributed by atoms with E-state index in [1.54, 1.807) is 0 Å². The van der Waals surface area contributed by atoms with Crippen LogP contribution in [0.15, 0.2) is 10.8 Å². The molecule has 1 heterocycles. The summed E-state index contributed by atoms with van der Waals surface area (Å²) in [5.74, 6) is 0.796. The summed E-state index contributed by atoms with van der Waals surface area (Å²) in [4.78, 5) is 7.97. The van der Waals surface area contributed by atoms with Crippen LogP contribution in [0.1, 0.15) is 19.3 Å². The lowest BCUT2D eigenvalue weighted by Crippen LogP contribution is -2.27. The maximum Gasteiger partial charge on any atom is 0.148 e. The minimum Gasteiger partial charge on any atom is -0.366 e. The number of rotatable bonds is 2. The number of nitrogens with zero attached hydrogens (tertiary/aromatic N) is 2. The summed E-state index contributed by atoms with van der Waals surface area (Å²) in [7, 11) is 0. The van der Waals surface area contributed by atoms with Crippen molar-refractivity contribution in [1.82, 2.24) is 9.97 Å². The van der Waals surface area contributed by atoms with Crippen LogP contribution in [0.3, 0.4) is 0 Å². The second-order valence-electron chi connectivity index (χ2n) is 3.10. The van der Waals surface area contributed by atoms with E-state index in [0.29, 0.717) is 11.2 Å². The van der Waals surface area contributed by atoms with Gasteiger partial charge in [-0.25, -0.2) is 9.97 Å². The fraction of sp³-hybridized carbons (Fsp3) is 0.500. The molecule has 1 saturated carbocycles. The molecule has 1 aromatic heterocycles. The highest BCUT2D eigenvalue weighted by Crippen LogP contribution is 2.29. The summed E-state index contributed by atoms with van der Waals surface area (Å²) in [6, 6.07) is 0.558. The van der Waals surface area contributed by atoms with Gasteiger partial charge in [-0.2, -0.15) is 0 Å². The zero-order valence-electron chi connectivity index (χ0n) is 6.93. The van der Waals surface area contributed by atoms with Gasteiger partial charge in [0.05, 0.1) is 4.47 Å². The van der Waals surface area contributed by atoms with Crippen molar-refractivity contribution in [2.75, 3.05) is 5.32 Å². The van der Waals surface area contributed by atoms with Crippen LogP contribution >= 0.6 is 27.5 Å². The number of halogens is 2. The first kappa shape index (κ1) is 9.21. The van der Waals surface area contributed by atoms with E-state index in [0.717, 1.165) is 10.3 Å². The van der Waals surface area contributed by atoms with Crippen LogP contribution in [0.2, 0.25) is 5.15 Å². The van der Waals surface area contributed by atoms with Gasteiger partial charge in [0.2, 0.25) is 0 Å². The lowest BCUT2D eigenvalue weighted by Gasteiger charge is -2.27. The van der Waals surface area contributed by atoms with Crippen molar-refractivity contribution >= 4 is 33.3 Å². The van der Waals surface area contributed by atoms with Crippen molar-refractivity contribution in [2.45, 2.75) is 25.3 Å². The van der Waals surface area contributed by atoms with Crippen molar-refractivity contribution in [1.29, 1.82) is 0 Å². The van der Waals surface area contributed by atoms with E-state index in [-0.39, 0.29) is 0 Å². The minimum absolute atomic E-state index is 0.455. The predicted octanol–water partition coefficient (Wildman–Crippen LogP) is 2.86. The van der Waals surface area contributed by atoms with Crippen molar-refractivity contribution in [2.24, 2.45) is 0 Å². The Labute approximate surface area is 90.0 Å². The first-order valence-corrected chi connectivity index (χ1v) is 5.37. The Kier molecular flexibility index (Phi) is 2.69. The molecule has 0 unspecified atom stereocenters. The number of anilines is 1. The molecule has 1 aromatic rings. The summed E-state index contributed by atoms with van der Waals surface area (Å²) in [6.07, 6.45) is 5.20. The second-order valence-corrected chi connectivity index (χ2v) is 4.25. The van der Waals surface area contributed by atoms with E-state index in [2.05, 4.69) is 31.2 Å². The number of nitrogens with one attached hydrogen (secondary N) is 1. The Morgan fingerprint density at radius 1 is 1.46 bits per heavy atom. The van der Waals surface area contributed by atoms with Gasteiger partial charge in [0.1, 0.15) is 17.3 Å². The Hall–Kier alpha value is -0.350. The summed E-state index contributed by atoms with van der Waals surface area (Å²) in [5, 5.41) is 3.76. The molecule has 1 aliphatic carbocycles. The number of hydrogen-bond donors (Lipinski definition) is 1. The predicted molar refractivity (Wildman–Crippen MR) is 56.0 cm³/mol. The molecule has 0 aliphatic heterocycles. The molecule has 0 radical (unpaired) electrons. The third-order valence-electron chi connectivity index (χ3n) is 2.19. The van der Waals surface area contributed by atoms with Crippen molar-refractivity contribution in [3.63, 3.8) is 0 Å². The molecule has 1 fully saturated rings. The average molecular weight is 263 g/mol. The van der Waals surface area contributed by atoms with Crippen molar-refractivity contribution < 1.29 is 0 Å². The highest BCUT2D eigenvalue weighted by molar-refractivity contribution is 9.10. The molecule has 70 valence electrons. The van der Waals surface area contributed by atoms with Crippen LogP contribution in [0.25, 0.3) is 0 Å². The third kappa shape index (κ3) is 1.94. The van der Waals surface area contributed by atoms with Gasteiger partial charge in [0, 0.05) is 6.04 Å². The number of aromatic nitrogens is 2. The van der Waals surface area contributed by atoms with Gasteiger partial charge in [-0.05, 0) is 35.2 Å². The summed E-state index contributed by atoms with van der Waals surface area (Å²) < 4.78 is 0.753. The Balaban J connectivity index is 2.14. The van der Waals surface area contributed by atoms with Gasteiger partial charge in [-0.1, -0.05) is 11.6 Å². The average Bonchev–Trinajstić information content (AvgIpc) is 2.04. The van der Waals surface area contributed by atoms with Crippen LogP contribution in [-0.4, -0.2) is 16.0 Å². The Bertz CT molecular complexity index is 314. The quantitative estimate of drug-likeness (QED) is 0.833. The van der Waals surface area contributed by atoms with E-state index in [9.17, 15) is 0 Å². The molecule has 0 atom stereocenters. The fourth-order valence-corrected chi connectivity index (χ4v) is 1.65.